The number of aryl methyl sites for hydroxylation is 1. The Balaban J connectivity index is 2.34. The number of carboxylic acid groups (broad SMARTS) is 1. The van der Waals surface area contributed by atoms with Crippen LogP contribution in [0.1, 0.15) is 38.0 Å². The van der Waals surface area contributed by atoms with Gasteiger partial charge >= 0.3 is 5.97 Å². The molecule has 2 heterocycles. The summed E-state index contributed by atoms with van der Waals surface area (Å²) in [7, 11) is -3.72. The van der Waals surface area contributed by atoms with Gasteiger partial charge in [0.15, 0.2) is 0 Å². The molecule has 0 saturated carbocycles. The Labute approximate surface area is 140 Å². The molecular weight excluding hydrogens is 338 g/mol. The Kier molecular flexibility index (Phi) is 5.50. The number of aliphatic hydroxyl groups excluding tert-OH is 1. The molecule has 8 heteroatoms. The van der Waals surface area contributed by atoms with Crippen molar-refractivity contribution in [2.75, 3.05) is 13.1 Å². The summed E-state index contributed by atoms with van der Waals surface area (Å²) in [5, 5.41) is 19.8. The van der Waals surface area contributed by atoms with Crippen LogP contribution in [-0.4, -0.2) is 48.1 Å². The SMILES string of the molecule is CCC[C@]1(C(=O)O)CN(S(=O)(=O)c2ccc(CC)s2)CC[C@@H]1O. The molecule has 1 aromatic heterocycles. The summed E-state index contributed by atoms with van der Waals surface area (Å²) >= 11 is 1.22. The number of sulfonamides is 1. The van der Waals surface area contributed by atoms with E-state index in [-0.39, 0.29) is 30.1 Å². The van der Waals surface area contributed by atoms with E-state index in [1.54, 1.807) is 12.1 Å². The predicted molar refractivity (Wildman–Crippen MR) is 88.1 cm³/mol. The molecule has 0 spiro atoms. The third kappa shape index (κ3) is 3.31. The Morgan fingerprint density at radius 2 is 2.13 bits per heavy atom. The van der Waals surface area contributed by atoms with Crippen molar-refractivity contribution in [2.24, 2.45) is 5.41 Å². The van der Waals surface area contributed by atoms with Gasteiger partial charge in [-0.05, 0) is 31.4 Å². The molecule has 2 N–H and O–H groups in total. The van der Waals surface area contributed by atoms with Gasteiger partial charge in [-0.3, -0.25) is 4.79 Å². The number of aliphatic hydroxyl groups is 1. The van der Waals surface area contributed by atoms with E-state index in [1.165, 1.54) is 15.6 Å². The number of piperidine rings is 1. The molecule has 1 aliphatic rings. The third-order valence-electron chi connectivity index (χ3n) is 4.45. The van der Waals surface area contributed by atoms with E-state index in [4.69, 9.17) is 0 Å². The van der Waals surface area contributed by atoms with Crippen LogP contribution in [0.2, 0.25) is 0 Å². The number of hydrogen-bond acceptors (Lipinski definition) is 5. The molecule has 0 amide bonds. The van der Waals surface area contributed by atoms with Crippen LogP contribution in [0.15, 0.2) is 16.3 Å². The minimum Gasteiger partial charge on any atom is -0.481 e. The van der Waals surface area contributed by atoms with E-state index in [9.17, 15) is 23.4 Å². The summed E-state index contributed by atoms with van der Waals surface area (Å²) in [6.07, 6.45) is 0.683. The molecule has 0 aromatic carbocycles. The monoisotopic (exact) mass is 361 g/mol. The molecule has 1 saturated heterocycles. The Morgan fingerprint density at radius 3 is 2.65 bits per heavy atom. The Bertz CT molecular complexity index is 669. The van der Waals surface area contributed by atoms with Crippen LogP contribution in [0.4, 0.5) is 0 Å². The largest absolute Gasteiger partial charge is 0.481 e. The topological polar surface area (TPSA) is 94.9 Å². The van der Waals surface area contributed by atoms with Gasteiger partial charge in [-0.15, -0.1) is 11.3 Å². The normalized spacial score (nSPS) is 26.3. The van der Waals surface area contributed by atoms with Gasteiger partial charge in [0.1, 0.15) is 9.62 Å². The molecule has 1 fully saturated rings. The zero-order chi connectivity index (χ0) is 17.3. The van der Waals surface area contributed by atoms with E-state index >= 15 is 0 Å². The lowest BCUT2D eigenvalue weighted by atomic mass is 9.74. The fourth-order valence-corrected chi connectivity index (χ4v) is 6.04. The van der Waals surface area contributed by atoms with Gasteiger partial charge in [0.2, 0.25) is 0 Å². The average molecular weight is 361 g/mol. The maximum Gasteiger partial charge on any atom is 0.313 e. The van der Waals surface area contributed by atoms with Crippen molar-refractivity contribution < 1.29 is 23.4 Å². The van der Waals surface area contributed by atoms with E-state index in [0.29, 0.717) is 6.42 Å². The van der Waals surface area contributed by atoms with Crippen LogP contribution < -0.4 is 0 Å². The van der Waals surface area contributed by atoms with Crippen LogP contribution >= 0.6 is 11.3 Å². The van der Waals surface area contributed by atoms with Crippen LogP contribution in [-0.2, 0) is 21.2 Å². The van der Waals surface area contributed by atoms with Crippen molar-refractivity contribution >= 4 is 27.3 Å². The van der Waals surface area contributed by atoms with Crippen LogP contribution in [0.25, 0.3) is 0 Å². The van der Waals surface area contributed by atoms with Crippen LogP contribution in [0, 0.1) is 5.41 Å². The van der Waals surface area contributed by atoms with Gasteiger partial charge in [0.05, 0.1) is 6.10 Å². The molecule has 130 valence electrons. The lowest BCUT2D eigenvalue weighted by Gasteiger charge is -2.42. The van der Waals surface area contributed by atoms with E-state index in [2.05, 4.69) is 0 Å². The van der Waals surface area contributed by atoms with Gasteiger partial charge in [0.25, 0.3) is 10.0 Å². The summed E-state index contributed by atoms with van der Waals surface area (Å²) in [6, 6.07) is 3.36. The van der Waals surface area contributed by atoms with Crippen molar-refractivity contribution in [1.82, 2.24) is 4.31 Å². The van der Waals surface area contributed by atoms with E-state index < -0.39 is 27.5 Å². The minimum absolute atomic E-state index is 0.136. The molecule has 1 aromatic rings. The molecule has 0 aliphatic carbocycles. The van der Waals surface area contributed by atoms with Gasteiger partial charge < -0.3 is 10.2 Å². The van der Waals surface area contributed by atoms with Crippen LogP contribution in [0.3, 0.4) is 0 Å². The van der Waals surface area contributed by atoms with E-state index in [0.717, 1.165) is 11.3 Å². The maximum atomic E-state index is 12.8. The highest BCUT2D eigenvalue weighted by Crippen LogP contribution is 2.38. The average Bonchev–Trinajstić information content (AvgIpc) is 2.99. The molecule has 0 radical (unpaired) electrons. The summed E-state index contributed by atoms with van der Waals surface area (Å²) in [4.78, 5) is 12.7. The predicted octanol–water partition coefficient (Wildman–Crippen LogP) is 1.94. The highest BCUT2D eigenvalue weighted by molar-refractivity contribution is 7.91. The first kappa shape index (κ1) is 18.4. The lowest BCUT2D eigenvalue weighted by molar-refractivity contribution is -0.161. The second-order valence-corrected chi connectivity index (χ2v) is 9.26. The number of thiophene rings is 1. The molecule has 0 bridgehead atoms. The van der Waals surface area contributed by atoms with Crippen molar-refractivity contribution in [3.63, 3.8) is 0 Å². The number of carboxylic acids is 1. The Hall–Kier alpha value is -0.960. The second kappa shape index (κ2) is 6.88. The first-order chi connectivity index (χ1) is 10.8. The number of aliphatic carboxylic acids is 1. The zero-order valence-corrected chi connectivity index (χ0v) is 15.0. The molecular formula is C15H23NO5S2. The molecule has 6 nitrogen and oxygen atoms in total. The number of hydrogen-bond donors (Lipinski definition) is 2. The molecule has 0 unspecified atom stereocenters. The summed E-state index contributed by atoms with van der Waals surface area (Å²) < 4.78 is 27.1. The summed E-state index contributed by atoms with van der Waals surface area (Å²) in [5.41, 5.74) is -1.43. The summed E-state index contributed by atoms with van der Waals surface area (Å²) in [6.45, 7) is 3.74. The van der Waals surface area contributed by atoms with Crippen LogP contribution in [0.5, 0.6) is 0 Å². The molecule has 2 atom stereocenters. The maximum absolute atomic E-state index is 12.8. The molecule has 23 heavy (non-hydrogen) atoms. The first-order valence-electron chi connectivity index (χ1n) is 7.78. The number of rotatable bonds is 6. The van der Waals surface area contributed by atoms with Gasteiger partial charge in [0, 0.05) is 18.0 Å². The third-order valence-corrected chi connectivity index (χ3v) is 7.99. The molecule has 1 aliphatic heterocycles. The second-order valence-electron chi connectivity index (χ2n) is 5.93. The van der Waals surface area contributed by atoms with Crippen molar-refractivity contribution in [2.45, 2.75) is 49.8 Å². The van der Waals surface area contributed by atoms with Crippen molar-refractivity contribution in [3.8, 4) is 0 Å². The highest BCUT2D eigenvalue weighted by Gasteiger charge is 2.51. The standard InChI is InChI=1S/C15H23NO5S2/c1-3-8-15(14(18)19)10-16(9-7-12(15)17)23(20,21)13-6-5-11(4-2)22-13/h5-6,12,17H,3-4,7-10H2,1-2H3,(H,18,19)/t12-,15-/m0/s1. The quantitative estimate of drug-likeness (QED) is 0.807. The smallest absolute Gasteiger partial charge is 0.313 e. The van der Waals surface area contributed by atoms with Crippen molar-refractivity contribution in [1.29, 1.82) is 0 Å². The minimum atomic E-state index is -3.72. The van der Waals surface area contributed by atoms with Crippen molar-refractivity contribution in [3.05, 3.63) is 17.0 Å². The Morgan fingerprint density at radius 1 is 1.43 bits per heavy atom. The summed E-state index contributed by atoms with van der Waals surface area (Å²) in [5.74, 6) is -1.13. The lowest BCUT2D eigenvalue weighted by Crippen LogP contribution is -2.57. The number of nitrogens with zero attached hydrogens (tertiary/aromatic N) is 1. The van der Waals surface area contributed by atoms with Gasteiger partial charge in [-0.1, -0.05) is 20.3 Å². The van der Waals surface area contributed by atoms with Gasteiger partial charge in [-0.2, -0.15) is 4.31 Å². The zero-order valence-electron chi connectivity index (χ0n) is 13.4. The fraction of sp³-hybridized carbons (Fsp3) is 0.667. The fourth-order valence-electron chi connectivity index (χ4n) is 3.07. The first-order valence-corrected chi connectivity index (χ1v) is 10.0. The highest BCUT2D eigenvalue weighted by atomic mass is 32.2. The van der Waals surface area contributed by atoms with E-state index in [1.807, 2.05) is 13.8 Å². The molecule has 2 rings (SSSR count). The van der Waals surface area contributed by atoms with Gasteiger partial charge in [-0.25, -0.2) is 8.42 Å². The number of carbonyl (C=O) groups is 1.